The highest BCUT2D eigenvalue weighted by atomic mass is 35.5. The first-order valence-corrected chi connectivity index (χ1v) is 30.6. The van der Waals surface area contributed by atoms with Crippen molar-refractivity contribution in [1.29, 1.82) is 0 Å². The van der Waals surface area contributed by atoms with E-state index in [1.54, 1.807) is 97.4 Å². The van der Waals surface area contributed by atoms with E-state index in [0.29, 0.717) is 81.1 Å². The molecule has 9 rings (SSSR count). The van der Waals surface area contributed by atoms with Crippen LogP contribution in [0.1, 0.15) is 161 Å². The number of halogens is 2. The lowest BCUT2D eigenvalue weighted by Gasteiger charge is -2.28. The minimum atomic E-state index is -0.296. The van der Waals surface area contributed by atoms with Crippen LogP contribution in [-0.4, -0.2) is 59.2 Å². The Labute approximate surface area is 528 Å². The summed E-state index contributed by atoms with van der Waals surface area (Å²) in [6.07, 6.45) is 4.56. The van der Waals surface area contributed by atoms with E-state index in [9.17, 15) is 20.4 Å². The number of fused-ring (bicyclic) bond motifs is 8. The van der Waals surface area contributed by atoms with E-state index in [1.807, 2.05) is 0 Å². The zero-order chi connectivity index (χ0) is 63.3. The highest BCUT2D eigenvalue weighted by Crippen LogP contribution is 2.44. The zero-order valence-electron chi connectivity index (χ0n) is 52.6. The first-order valence-electron chi connectivity index (χ1n) is 29.8. The third kappa shape index (κ3) is 16.2. The third-order valence-electron chi connectivity index (χ3n) is 15.6. The molecule has 456 valence electrons. The molecule has 0 aromatic heterocycles. The van der Waals surface area contributed by atoms with Crippen LogP contribution in [0.2, 0.25) is 10.0 Å². The quantitative estimate of drug-likeness (QED) is 0.0479. The highest BCUT2D eigenvalue weighted by molar-refractivity contribution is 6.30. The van der Waals surface area contributed by atoms with Gasteiger partial charge in [-0.2, -0.15) is 20.5 Å². The topological polar surface area (TPSA) is 174 Å². The number of ether oxygens (including phenoxy) is 2. The lowest BCUT2D eigenvalue weighted by atomic mass is 9.79. The minimum absolute atomic E-state index is 0.0505. The van der Waals surface area contributed by atoms with Crippen LogP contribution in [0.15, 0.2) is 164 Å². The summed E-state index contributed by atoms with van der Waals surface area (Å²) in [5.41, 5.74) is 13.0. The summed E-state index contributed by atoms with van der Waals surface area (Å²) in [4.78, 5) is 9.45. The molecule has 0 unspecified atom stereocenters. The molecule has 0 heterocycles. The average molecular weight is 1220 g/mol. The summed E-state index contributed by atoms with van der Waals surface area (Å²) in [5.74, 6) is 1.81. The van der Waals surface area contributed by atoms with E-state index in [4.69, 9.17) is 42.7 Å². The first-order chi connectivity index (χ1) is 41.5. The van der Waals surface area contributed by atoms with Gasteiger partial charge in [0.1, 0.15) is 47.7 Å². The van der Waals surface area contributed by atoms with Crippen LogP contribution in [0.25, 0.3) is 0 Å². The summed E-state index contributed by atoms with van der Waals surface area (Å²) in [6, 6.07) is 41.4. The number of aliphatic imine (C=N–C) groups is 2. The fourth-order valence-electron chi connectivity index (χ4n) is 10.4. The van der Waals surface area contributed by atoms with Gasteiger partial charge in [-0.1, -0.05) is 155 Å². The molecule has 0 saturated heterocycles. The number of phenols is 4. The van der Waals surface area contributed by atoms with Gasteiger partial charge in [0, 0.05) is 59.3 Å². The van der Waals surface area contributed by atoms with Crippen LogP contribution in [0.4, 0.5) is 22.7 Å². The van der Waals surface area contributed by atoms with Crippen molar-refractivity contribution in [2.24, 2.45) is 30.4 Å². The Hall–Kier alpha value is -8.32. The minimum Gasteiger partial charge on any atom is -0.507 e. The smallest absolute Gasteiger partial charge is 0.126 e. The van der Waals surface area contributed by atoms with Crippen molar-refractivity contribution in [3.63, 3.8) is 0 Å². The summed E-state index contributed by atoms with van der Waals surface area (Å²) in [5, 5.41) is 66.1. The summed E-state index contributed by atoms with van der Waals surface area (Å²) >= 11 is 12.1. The second kappa shape index (κ2) is 26.6. The summed E-state index contributed by atoms with van der Waals surface area (Å²) in [7, 11) is 0. The second-order valence-corrected chi connectivity index (χ2v) is 27.7. The third-order valence-corrected chi connectivity index (χ3v) is 16.1. The Morgan fingerprint density at radius 3 is 0.909 bits per heavy atom. The van der Waals surface area contributed by atoms with E-state index < -0.39 is 0 Å². The molecule has 0 spiro atoms. The monoisotopic (exact) mass is 1220 g/mol. The maximum Gasteiger partial charge on any atom is 0.126 e. The SMILES string of the molecule is CC(C)(C)c1cc2c(O)c(c1)Cc1cc(C(C)(C)C)cc(c1OCCN=Cc1cc(N=Nc3ccc(Cl)cc3)ccc1O)Cc1cc(C(C)(C)C)cc(c1O)Cc1cc(C(C)(C)C)cc(c1OCCN=Cc1cc(N=Nc3ccc(Cl)cc3)ccc1O)C2. The van der Waals surface area contributed by atoms with Crippen LogP contribution >= 0.6 is 23.2 Å². The van der Waals surface area contributed by atoms with Gasteiger partial charge in [-0.3, -0.25) is 9.98 Å². The van der Waals surface area contributed by atoms with E-state index in [0.717, 1.165) is 66.8 Å². The molecular weight excluding hydrogens is 1140 g/mol. The number of nitrogens with zero attached hydrogens (tertiary/aromatic N) is 6. The molecular formula is C74H80Cl2N6O6. The van der Waals surface area contributed by atoms with Crippen molar-refractivity contribution in [1.82, 2.24) is 0 Å². The van der Waals surface area contributed by atoms with Gasteiger partial charge >= 0.3 is 0 Å². The Kier molecular flexibility index (Phi) is 19.4. The molecule has 0 fully saturated rings. The molecule has 8 bridgehead atoms. The summed E-state index contributed by atoms with van der Waals surface area (Å²) < 4.78 is 13.9. The average Bonchev–Trinajstić information content (AvgIpc) is 0.918. The van der Waals surface area contributed by atoms with E-state index in [1.165, 1.54) is 0 Å². The van der Waals surface area contributed by atoms with Gasteiger partial charge in [-0.25, -0.2) is 0 Å². The number of azo groups is 2. The number of rotatable bonds is 14. The predicted molar refractivity (Wildman–Crippen MR) is 359 cm³/mol. The van der Waals surface area contributed by atoms with E-state index in [2.05, 4.69) is 152 Å². The number of hydrogen-bond acceptors (Lipinski definition) is 12. The zero-order valence-corrected chi connectivity index (χ0v) is 54.1. The van der Waals surface area contributed by atoms with Crippen molar-refractivity contribution in [2.45, 2.75) is 130 Å². The van der Waals surface area contributed by atoms with Crippen molar-refractivity contribution in [3.8, 4) is 34.5 Å². The number of phenolic OH excluding ortho intramolecular Hbond substituents is 4. The van der Waals surface area contributed by atoms with Gasteiger partial charge in [0.2, 0.25) is 0 Å². The fraction of sp³-hybridized carbons (Fsp3) is 0.324. The van der Waals surface area contributed by atoms with E-state index >= 15 is 0 Å². The van der Waals surface area contributed by atoms with Crippen LogP contribution in [0.5, 0.6) is 34.5 Å². The lowest BCUT2D eigenvalue weighted by Crippen LogP contribution is -2.17. The Morgan fingerprint density at radius 1 is 0.364 bits per heavy atom. The van der Waals surface area contributed by atoms with Gasteiger partial charge < -0.3 is 29.9 Å². The number of aromatic hydroxyl groups is 4. The molecule has 14 heteroatoms. The van der Waals surface area contributed by atoms with Crippen LogP contribution in [-0.2, 0) is 47.3 Å². The van der Waals surface area contributed by atoms with Gasteiger partial charge in [-0.15, -0.1) is 0 Å². The molecule has 4 N–H and O–H groups in total. The lowest BCUT2D eigenvalue weighted by molar-refractivity contribution is 0.322. The fourth-order valence-corrected chi connectivity index (χ4v) is 10.7. The first kappa shape index (κ1) is 64.2. The van der Waals surface area contributed by atoms with Gasteiger partial charge in [0.05, 0.1) is 35.8 Å². The van der Waals surface area contributed by atoms with Crippen molar-refractivity contribution in [2.75, 3.05) is 26.3 Å². The van der Waals surface area contributed by atoms with Crippen molar-refractivity contribution >= 4 is 58.4 Å². The molecule has 1 aliphatic rings. The highest BCUT2D eigenvalue weighted by Gasteiger charge is 2.29. The molecule has 0 aliphatic heterocycles. The van der Waals surface area contributed by atoms with Gasteiger partial charge in [-0.05, 0) is 173 Å². The van der Waals surface area contributed by atoms with Crippen molar-refractivity contribution < 1.29 is 29.9 Å². The molecule has 8 aromatic rings. The molecule has 88 heavy (non-hydrogen) atoms. The molecule has 1 aliphatic carbocycles. The maximum atomic E-state index is 12.9. The Morgan fingerprint density at radius 2 is 0.625 bits per heavy atom. The van der Waals surface area contributed by atoms with Gasteiger partial charge in [0.25, 0.3) is 0 Å². The number of benzene rings is 8. The molecule has 0 saturated carbocycles. The standard InChI is InChI=1S/C74H80Cl2N6O6/c1-71(2,3)55-33-45-29-49-37-57(73(7,8)9)39-51(69(49)87-27-25-77-43-53-41-63(21-23-65(53)83)81-79-61-17-13-59(75)14-18-61)31-47-35-56(72(4,5)6)36-48(68(47)86)32-52-40-58(74(10,11)12)38-50(30-46(34-55)67(45)85)70(52)88-28-26-78-44-54-42-64(22-24-66(54)84)82-80-62-19-15-60(76)16-20-62/h13-24,33-44,83-86H,25-32H2,1-12H3. The molecule has 0 amide bonds. The Bertz CT molecular complexity index is 3620. The van der Waals surface area contributed by atoms with Crippen LogP contribution in [0, 0.1) is 0 Å². The molecule has 12 nitrogen and oxygen atoms in total. The largest absolute Gasteiger partial charge is 0.507 e. The molecule has 8 aromatic carbocycles. The van der Waals surface area contributed by atoms with Crippen LogP contribution < -0.4 is 9.47 Å². The van der Waals surface area contributed by atoms with Crippen molar-refractivity contribution in [3.05, 3.63) is 221 Å². The van der Waals surface area contributed by atoms with Crippen LogP contribution in [0.3, 0.4) is 0 Å². The summed E-state index contributed by atoms with van der Waals surface area (Å²) in [6.45, 7) is 27.2. The normalized spacial score (nSPS) is 13.3. The van der Waals surface area contributed by atoms with Gasteiger partial charge in [0.15, 0.2) is 0 Å². The maximum absolute atomic E-state index is 12.9. The predicted octanol–water partition coefficient (Wildman–Crippen LogP) is 19.5. The van der Waals surface area contributed by atoms with E-state index in [-0.39, 0.29) is 71.0 Å². The second-order valence-electron chi connectivity index (χ2n) is 26.8. The number of hydrogen-bond donors (Lipinski definition) is 4. The molecule has 0 atom stereocenters. The Balaban J connectivity index is 1.12. The molecule has 0 radical (unpaired) electrons.